The third-order valence-electron chi connectivity index (χ3n) is 2.72. The predicted octanol–water partition coefficient (Wildman–Crippen LogP) is 1.43. The molecule has 0 fully saturated rings. The van der Waals surface area contributed by atoms with Crippen molar-refractivity contribution in [3.63, 3.8) is 0 Å². The highest BCUT2D eigenvalue weighted by Gasteiger charge is 2.11. The maximum absolute atomic E-state index is 13.3. The number of carbonyl (C=O) groups is 1. The summed E-state index contributed by atoms with van der Waals surface area (Å²) in [6.45, 7) is 1.48. The molecule has 1 N–H and O–H groups in total. The Morgan fingerprint density at radius 1 is 1.50 bits per heavy atom. The molecule has 1 heterocycles. The van der Waals surface area contributed by atoms with E-state index in [0.717, 1.165) is 4.68 Å². The van der Waals surface area contributed by atoms with Crippen LogP contribution in [-0.4, -0.2) is 20.3 Å². The minimum atomic E-state index is -0.410. The van der Waals surface area contributed by atoms with Crippen LogP contribution in [0.25, 0.3) is 0 Å². The first-order valence-corrected chi connectivity index (χ1v) is 6.51. The van der Waals surface area contributed by atoms with Crippen LogP contribution in [0.3, 0.4) is 0 Å². The first kappa shape index (κ1) is 14.4. The molecular weight excluding hydrogens is 331 g/mol. The zero-order chi connectivity index (χ0) is 14.9. The molecule has 1 aromatic carbocycles. The average molecular weight is 343 g/mol. The second-order valence-corrected chi connectivity index (χ2v) is 5.17. The van der Waals surface area contributed by atoms with Crippen LogP contribution >= 0.6 is 15.9 Å². The first-order valence-electron chi connectivity index (χ1n) is 5.72. The third-order valence-corrected chi connectivity index (χ3v) is 3.33. The molecule has 0 atom stereocenters. The quantitative estimate of drug-likeness (QED) is 0.917. The fourth-order valence-electron chi connectivity index (χ4n) is 1.64. The van der Waals surface area contributed by atoms with Crippen LogP contribution in [0.2, 0.25) is 0 Å². The van der Waals surface area contributed by atoms with E-state index in [2.05, 4.69) is 26.3 Å². The van der Waals surface area contributed by atoms with Gasteiger partial charge in [-0.15, -0.1) is 0 Å². The van der Waals surface area contributed by atoms with Gasteiger partial charge >= 0.3 is 5.69 Å². The molecule has 8 heteroatoms. The van der Waals surface area contributed by atoms with Crippen molar-refractivity contribution in [2.45, 2.75) is 13.5 Å². The molecule has 0 saturated heterocycles. The van der Waals surface area contributed by atoms with Crippen LogP contribution in [0.1, 0.15) is 5.56 Å². The number of carbonyl (C=O) groups excluding carboxylic acids is 1. The maximum Gasteiger partial charge on any atom is 0.345 e. The Morgan fingerprint density at radius 3 is 2.80 bits per heavy atom. The van der Waals surface area contributed by atoms with Gasteiger partial charge in [0.15, 0.2) is 0 Å². The van der Waals surface area contributed by atoms with Gasteiger partial charge in [-0.05, 0) is 40.5 Å². The van der Waals surface area contributed by atoms with Crippen molar-refractivity contribution >= 4 is 27.5 Å². The van der Waals surface area contributed by atoms with E-state index in [1.165, 1.54) is 23.0 Å². The van der Waals surface area contributed by atoms with Gasteiger partial charge in [0.1, 0.15) is 18.7 Å². The number of anilines is 1. The number of nitrogens with one attached hydrogen (secondary N) is 1. The van der Waals surface area contributed by atoms with Crippen molar-refractivity contribution in [3.05, 3.63) is 44.8 Å². The Bertz CT molecular complexity index is 723. The van der Waals surface area contributed by atoms with Crippen LogP contribution in [-0.2, 0) is 18.4 Å². The van der Waals surface area contributed by atoms with Gasteiger partial charge in [-0.1, -0.05) is 0 Å². The Morgan fingerprint density at radius 2 is 2.20 bits per heavy atom. The molecule has 106 valence electrons. The van der Waals surface area contributed by atoms with Crippen LogP contribution in [0, 0.1) is 12.7 Å². The molecule has 2 rings (SSSR count). The number of nitrogens with zero attached hydrogens (tertiary/aromatic N) is 3. The Balaban J connectivity index is 2.14. The van der Waals surface area contributed by atoms with E-state index in [-0.39, 0.29) is 16.7 Å². The molecule has 6 nitrogen and oxygen atoms in total. The van der Waals surface area contributed by atoms with Crippen LogP contribution in [0.15, 0.2) is 27.7 Å². The van der Waals surface area contributed by atoms with Crippen molar-refractivity contribution in [3.8, 4) is 0 Å². The minimum absolute atomic E-state index is 0.200. The SMILES string of the molecule is Cc1cc(F)c(Br)cc1NC(=O)Cn1ncn(C)c1=O. The van der Waals surface area contributed by atoms with Crippen molar-refractivity contribution in [1.82, 2.24) is 14.3 Å². The lowest BCUT2D eigenvalue weighted by atomic mass is 10.2. The topological polar surface area (TPSA) is 68.9 Å². The van der Waals surface area contributed by atoms with Crippen molar-refractivity contribution in [1.29, 1.82) is 0 Å². The summed E-state index contributed by atoms with van der Waals surface area (Å²) in [4.78, 5) is 23.4. The van der Waals surface area contributed by atoms with E-state index in [0.29, 0.717) is 11.3 Å². The molecule has 2 aromatic rings. The standard InChI is InChI=1S/C12H12BrFN4O2/c1-7-3-9(14)8(13)4-10(7)16-11(19)5-18-12(20)17(2)6-15-18/h3-4,6H,5H2,1-2H3,(H,16,19). The molecule has 20 heavy (non-hydrogen) atoms. The molecular formula is C12H12BrFN4O2. The third kappa shape index (κ3) is 2.96. The molecule has 1 amide bonds. The van der Waals surface area contributed by atoms with Gasteiger partial charge in [0, 0.05) is 12.7 Å². The fraction of sp³-hybridized carbons (Fsp3) is 0.250. The molecule has 0 unspecified atom stereocenters. The number of aromatic nitrogens is 3. The second kappa shape index (κ2) is 5.58. The van der Waals surface area contributed by atoms with E-state index in [1.807, 2.05) is 0 Å². The lowest BCUT2D eigenvalue weighted by Crippen LogP contribution is -2.29. The lowest BCUT2D eigenvalue weighted by molar-refractivity contribution is -0.117. The Labute approximate surface area is 122 Å². The number of benzene rings is 1. The highest BCUT2D eigenvalue weighted by Crippen LogP contribution is 2.24. The summed E-state index contributed by atoms with van der Waals surface area (Å²) in [7, 11) is 1.55. The number of aryl methyl sites for hydroxylation is 2. The average Bonchev–Trinajstić information content (AvgIpc) is 2.68. The van der Waals surface area contributed by atoms with Gasteiger partial charge in [-0.25, -0.2) is 13.9 Å². The smallest absolute Gasteiger partial charge is 0.324 e. The first-order chi connectivity index (χ1) is 9.38. The maximum atomic E-state index is 13.3. The minimum Gasteiger partial charge on any atom is -0.324 e. The molecule has 0 aliphatic carbocycles. The van der Waals surface area contributed by atoms with Gasteiger partial charge in [0.2, 0.25) is 5.91 Å². The summed E-state index contributed by atoms with van der Waals surface area (Å²) in [5, 5.41) is 6.41. The summed E-state index contributed by atoms with van der Waals surface area (Å²) in [6, 6.07) is 2.79. The zero-order valence-electron chi connectivity index (χ0n) is 10.9. The summed E-state index contributed by atoms with van der Waals surface area (Å²) in [5.41, 5.74) is 0.692. The van der Waals surface area contributed by atoms with E-state index in [4.69, 9.17) is 0 Å². The fourth-order valence-corrected chi connectivity index (χ4v) is 1.98. The zero-order valence-corrected chi connectivity index (χ0v) is 12.4. The Kier molecular flexibility index (Phi) is 4.03. The van der Waals surface area contributed by atoms with Gasteiger partial charge in [-0.2, -0.15) is 5.10 Å². The van der Waals surface area contributed by atoms with Crippen molar-refractivity contribution in [2.24, 2.45) is 7.05 Å². The van der Waals surface area contributed by atoms with Gasteiger partial charge in [-0.3, -0.25) is 9.36 Å². The monoisotopic (exact) mass is 342 g/mol. The van der Waals surface area contributed by atoms with Crippen molar-refractivity contribution < 1.29 is 9.18 Å². The van der Waals surface area contributed by atoms with E-state index in [1.54, 1.807) is 14.0 Å². The number of hydrogen-bond donors (Lipinski definition) is 1. The highest BCUT2D eigenvalue weighted by molar-refractivity contribution is 9.10. The number of amides is 1. The lowest BCUT2D eigenvalue weighted by Gasteiger charge is -2.09. The molecule has 0 spiro atoms. The second-order valence-electron chi connectivity index (χ2n) is 4.31. The summed E-state index contributed by atoms with van der Waals surface area (Å²) < 4.78 is 15.9. The number of halogens is 2. The Hall–Kier alpha value is -1.96. The normalized spacial score (nSPS) is 10.6. The van der Waals surface area contributed by atoms with E-state index >= 15 is 0 Å². The summed E-state index contributed by atoms with van der Waals surface area (Å²) >= 11 is 3.05. The molecule has 0 saturated carbocycles. The van der Waals surface area contributed by atoms with Crippen LogP contribution in [0.5, 0.6) is 0 Å². The molecule has 1 aromatic heterocycles. The molecule has 0 aliphatic heterocycles. The van der Waals surface area contributed by atoms with E-state index < -0.39 is 11.7 Å². The molecule has 0 radical (unpaired) electrons. The molecule has 0 aliphatic rings. The number of hydrogen-bond acceptors (Lipinski definition) is 3. The molecule has 0 bridgehead atoms. The largest absolute Gasteiger partial charge is 0.345 e. The van der Waals surface area contributed by atoms with Crippen LogP contribution < -0.4 is 11.0 Å². The van der Waals surface area contributed by atoms with Gasteiger partial charge in [0.25, 0.3) is 0 Å². The van der Waals surface area contributed by atoms with Gasteiger partial charge in [0.05, 0.1) is 4.47 Å². The van der Waals surface area contributed by atoms with E-state index in [9.17, 15) is 14.0 Å². The number of rotatable bonds is 3. The van der Waals surface area contributed by atoms with Gasteiger partial charge < -0.3 is 5.32 Å². The van der Waals surface area contributed by atoms with Crippen molar-refractivity contribution in [2.75, 3.05) is 5.32 Å². The summed E-state index contributed by atoms with van der Waals surface area (Å²) in [6.07, 6.45) is 1.33. The van der Waals surface area contributed by atoms with Crippen LogP contribution in [0.4, 0.5) is 10.1 Å². The summed E-state index contributed by atoms with van der Waals surface area (Å²) in [5.74, 6) is -0.811. The highest BCUT2D eigenvalue weighted by atomic mass is 79.9. The predicted molar refractivity (Wildman–Crippen MR) is 74.9 cm³/mol.